The first-order valence-corrected chi connectivity index (χ1v) is 7.78. The number of halogens is 1. The number of nitrogens with zero attached hydrogens (tertiary/aromatic N) is 1. The van der Waals surface area contributed by atoms with Crippen LogP contribution in [0.1, 0.15) is 37.0 Å². The Morgan fingerprint density at radius 1 is 1.43 bits per heavy atom. The topological polar surface area (TPSA) is 69.6 Å². The Bertz CT molecular complexity index is 556. The molecule has 2 amide bonds. The molecule has 1 fully saturated rings. The summed E-state index contributed by atoms with van der Waals surface area (Å²) in [6.07, 6.45) is 2.04. The fourth-order valence-corrected chi connectivity index (χ4v) is 2.53. The third-order valence-electron chi connectivity index (χ3n) is 3.26. The van der Waals surface area contributed by atoms with Gasteiger partial charge in [0.05, 0.1) is 11.3 Å². The minimum atomic E-state index is -1.06. The fourth-order valence-electron chi connectivity index (χ4n) is 2.17. The maximum Gasteiger partial charge on any atom is 0.337 e. The molecule has 1 aromatic carbocycles. The van der Waals surface area contributed by atoms with Gasteiger partial charge >= 0.3 is 12.0 Å². The fraction of sp³-hybridized carbons (Fsp3) is 0.467. The highest BCUT2D eigenvalue weighted by molar-refractivity contribution is 9.10. The smallest absolute Gasteiger partial charge is 0.337 e. The Morgan fingerprint density at radius 3 is 2.62 bits per heavy atom. The van der Waals surface area contributed by atoms with Crippen molar-refractivity contribution in [2.45, 2.75) is 32.7 Å². The second-order valence-corrected chi connectivity index (χ2v) is 6.62. The van der Waals surface area contributed by atoms with Crippen molar-refractivity contribution < 1.29 is 14.7 Å². The number of amides is 2. The minimum Gasteiger partial charge on any atom is -0.478 e. The van der Waals surface area contributed by atoms with Gasteiger partial charge in [-0.2, -0.15) is 0 Å². The minimum absolute atomic E-state index is 0.0815. The summed E-state index contributed by atoms with van der Waals surface area (Å²) in [6.45, 7) is 4.80. The average molecular weight is 355 g/mol. The quantitative estimate of drug-likeness (QED) is 0.844. The van der Waals surface area contributed by atoms with Gasteiger partial charge in [-0.25, -0.2) is 9.59 Å². The highest BCUT2D eigenvalue weighted by Crippen LogP contribution is 2.29. The molecule has 0 spiro atoms. The van der Waals surface area contributed by atoms with Gasteiger partial charge in [-0.15, -0.1) is 0 Å². The van der Waals surface area contributed by atoms with Crippen LogP contribution in [0, 0.1) is 5.92 Å². The van der Waals surface area contributed by atoms with Gasteiger partial charge in [0, 0.05) is 17.1 Å². The van der Waals surface area contributed by atoms with Crippen molar-refractivity contribution in [3.05, 3.63) is 28.2 Å². The largest absolute Gasteiger partial charge is 0.478 e. The Balaban J connectivity index is 2.16. The Morgan fingerprint density at radius 2 is 2.10 bits per heavy atom. The van der Waals surface area contributed by atoms with Gasteiger partial charge in [0.2, 0.25) is 0 Å². The van der Waals surface area contributed by atoms with Crippen molar-refractivity contribution in [2.75, 3.05) is 11.9 Å². The molecule has 0 radical (unpaired) electrons. The number of hydrogen-bond donors (Lipinski definition) is 2. The van der Waals surface area contributed by atoms with Crippen molar-refractivity contribution in [3.8, 4) is 0 Å². The number of rotatable bonds is 5. The van der Waals surface area contributed by atoms with Gasteiger partial charge in [0.25, 0.3) is 0 Å². The number of aromatic carboxylic acids is 1. The standard InChI is InChI=1S/C15H19BrN2O3/c1-9(2)8-18(11-4-5-11)15(21)17-13-6-3-10(16)7-12(13)14(19)20/h3,6-7,9,11H,4-5,8H2,1-2H3,(H,17,21)(H,19,20). The van der Waals surface area contributed by atoms with Gasteiger partial charge in [0.15, 0.2) is 0 Å². The molecule has 21 heavy (non-hydrogen) atoms. The van der Waals surface area contributed by atoms with E-state index in [2.05, 4.69) is 35.1 Å². The molecule has 6 heteroatoms. The van der Waals surface area contributed by atoms with E-state index in [0.29, 0.717) is 22.6 Å². The molecular weight excluding hydrogens is 336 g/mol. The summed E-state index contributed by atoms with van der Waals surface area (Å²) < 4.78 is 0.666. The van der Waals surface area contributed by atoms with Gasteiger partial charge in [-0.05, 0) is 37.0 Å². The summed E-state index contributed by atoms with van der Waals surface area (Å²) in [5.74, 6) is -0.686. The van der Waals surface area contributed by atoms with Crippen LogP contribution in [0.4, 0.5) is 10.5 Å². The van der Waals surface area contributed by atoms with E-state index in [9.17, 15) is 14.7 Å². The van der Waals surface area contributed by atoms with E-state index in [-0.39, 0.29) is 17.6 Å². The number of anilines is 1. The zero-order valence-corrected chi connectivity index (χ0v) is 13.7. The van der Waals surface area contributed by atoms with E-state index in [1.165, 1.54) is 6.07 Å². The van der Waals surface area contributed by atoms with Crippen molar-refractivity contribution in [1.82, 2.24) is 4.90 Å². The molecule has 0 aliphatic heterocycles. The maximum absolute atomic E-state index is 12.4. The molecule has 0 atom stereocenters. The molecule has 1 aliphatic rings. The van der Waals surface area contributed by atoms with Crippen LogP contribution < -0.4 is 5.32 Å². The van der Waals surface area contributed by atoms with E-state index >= 15 is 0 Å². The first kappa shape index (κ1) is 15.8. The lowest BCUT2D eigenvalue weighted by Gasteiger charge is -2.25. The molecule has 0 heterocycles. The molecule has 5 nitrogen and oxygen atoms in total. The number of carbonyl (C=O) groups is 2. The lowest BCUT2D eigenvalue weighted by atomic mass is 10.2. The Hall–Kier alpha value is -1.56. The second kappa shape index (κ2) is 6.47. The normalized spacial score (nSPS) is 14.1. The van der Waals surface area contributed by atoms with E-state index in [4.69, 9.17) is 0 Å². The van der Waals surface area contributed by atoms with Crippen molar-refractivity contribution in [1.29, 1.82) is 0 Å². The van der Waals surface area contributed by atoms with Gasteiger partial charge in [-0.3, -0.25) is 0 Å². The second-order valence-electron chi connectivity index (χ2n) is 5.70. The lowest BCUT2D eigenvalue weighted by molar-refractivity contribution is 0.0698. The van der Waals surface area contributed by atoms with E-state index < -0.39 is 5.97 Å². The molecule has 1 saturated carbocycles. The zero-order valence-electron chi connectivity index (χ0n) is 12.1. The summed E-state index contributed by atoms with van der Waals surface area (Å²) in [6, 6.07) is 4.87. The van der Waals surface area contributed by atoms with Gasteiger partial charge in [-0.1, -0.05) is 29.8 Å². The summed E-state index contributed by atoms with van der Waals surface area (Å²) in [5.41, 5.74) is 0.406. The third kappa shape index (κ3) is 4.20. The van der Waals surface area contributed by atoms with E-state index in [0.717, 1.165) is 12.8 Å². The molecule has 0 aromatic heterocycles. The number of carboxylic acids is 1. The van der Waals surface area contributed by atoms with E-state index in [1.54, 1.807) is 17.0 Å². The number of hydrogen-bond acceptors (Lipinski definition) is 2. The molecular formula is C15H19BrN2O3. The van der Waals surface area contributed by atoms with Crippen LogP contribution in [0.25, 0.3) is 0 Å². The van der Waals surface area contributed by atoms with Crippen LogP contribution in [-0.2, 0) is 0 Å². The number of carbonyl (C=O) groups excluding carboxylic acids is 1. The van der Waals surface area contributed by atoms with Crippen molar-refractivity contribution >= 4 is 33.6 Å². The highest BCUT2D eigenvalue weighted by Gasteiger charge is 2.33. The first-order valence-electron chi connectivity index (χ1n) is 6.99. The average Bonchev–Trinajstić information content (AvgIpc) is 3.21. The monoisotopic (exact) mass is 354 g/mol. The predicted molar refractivity (Wildman–Crippen MR) is 84.7 cm³/mol. The molecule has 0 bridgehead atoms. The molecule has 1 aromatic rings. The van der Waals surface area contributed by atoms with Gasteiger partial charge in [0.1, 0.15) is 0 Å². The molecule has 2 N–H and O–H groups in total. The van der Waals surface area contributed by atoms with Crippen LogP contribution in [-0.4, -0.2) is 34.6 Å². The van der Waals surface area contributed by atoms with Crippen molar-refractivity contribution in [2.24, 2.45) is 5.92 Å². The zero-order chi connectivity index (χ0) is 15.6. The number of urea groups is 1. The summed E-state index contributed by atoms with van der Waals surface area (Å²) in [4.78, 5) is 25.5. The molecule has 0 unspecified atom stereocenters. The van der Waals surface area contributed by atoms with Crippen molar-refractivity contribution in [3.63, 3.8) is 0 Å². The molecule has 2 rings (SSSR count). The molecule has 0 saturated heterocycles. The summed E-state index contributed by atoms with van der Waals surface area (Å²) in [7, 11) is 0. The van der Waals surface area contributed by atoms with Crippen LogP contribution in [0.2, 0.25) is 0 Å². The third-order valence-corrected chi connectivity index (χ3v) is 3.76. The van der Waals surface area contributed by atoms with Crippen LogP contribution >= 0.6 is 15.9 Å². The number of carboxylic acid groups (broad SMARTS) is 1. The molecule has 114 valence electrons. The van der Waals surface area contributed by atoms with E-state index in [1.807, 2.05) is 0 Å². The SMILES string of the molecule is CC(C)CN(C(=O)Nc1ccc(Br)cc1C(=O)O)C1CC1. The summed E-state index contributed by atoms with van der Waals surface area (Å²) in [5, 5.41) is 12.0. The lowest BCUT2D eigenvalue weighted by Crippen LogP contribution is -2.39. The predicted octanol–water partition coefficient (Wildman–Crippen LogP) is 3.80. The Labute approximate surface area is 132 Å². The Kier molecular flexibility index (Phi) is 4.88. The van der Waals surface area contributed by atoms with Crippen LogP contribution in [0.15, 0.2) is 22.7 Å². The first-order chi connectivity index (χ1) is 9.88. The van der Waals surface area contributed by atoms with Gasteiger partial charge < -0.3 is 15.3 Å². The number of benzene rings is 1. The highest BCUT2D eigenvalue weighted by atomic mass is 79.9. The van der Waals surface area contributed by atoms with Crippen LogP contribution in [0.3, 0.4) is 0 Å². The number of nitrogens with one attached hydrogen (secondary N) is 1. The summed E-state index contributed by atoms with van der Waals surface area (Å²) >= 11 is 3.24. The van der Waals surface area contributed by atoms with Crippen LogP contribution in [0.5, 0.6) is 0 Å². The maximum atomic E-state index is 12.4. The molecule has 1 aliphatic carbocycles.